The average Bonchev–Trinajstić information content (AvgIpc) is 2.78. The standard InChI is InChI=1S/C25H34N4O2/c1-19(2)27-25(31)26-17-20-7-11-22(12-8-20)24(30)28(3)18-21-9-13-23(14-10-21)29-15-5-4-6-16-29/h7-14,19H,4-6,15-18H2,1-3H3,(H2,26,27,31). The molecule has 1 aliphatic heterocycles. The molecular weight excluding hydrogens is 388 g/mol. The molecule has 0 unspecified atom stereocenters. The molecule has 6 nitrogen and oxygen atoms in total. The quantitative estimate of drug-likeness (QED) is 0.704. The van der Waals surface area contributed by atoms with Gasteiger partial charge in [0.05, 0.1) is 0 Å². The van der Waals surface area contributed by atoms with Crippen molar-refractivity contribution in [1.82, 2.24) is 15.5 Å². The number of anilines is 1. The molecule has 1 saturated heterocycles. The van der Waals surface area contributed by atoms with Gasteiger partial charge >= 0.3 is 6.03 Å². The van der Waals surface area contributed by atoms with Crippen LogP contribution < -0.4 is 15.5 Å². The van der Waals surface area contributed by atoms with E-state index in [4.69, 9.17) is 0 Å². The minimum Gasteiger partial charge on any atom is -0.372 e. The Morgan fingerprint density at radius 1 is 0.935 bits per heavy atom. The SMILES string of the molecule is CC(C)NC(=O)NCc1ccc(C(=O)N(C)Cc2ccc(N3CCCCC3)cc2)cc1. The highest BCUT2D eigenvalue weighted by Gasteiger charge is 2.14. The first-order valence-electron chi connectivity index (χ1n) is 11.1. The monoisotopic (exact) mass is 422 g/mol. The highest BCUT2D eigenvalue weighted by molar-refractivity contribution is 5.94. The van der Waals surface area contributed by atoms with Crippen LogP contribution in [0.3, 0.4) is 0 Å². The largest absolute Gasteiger partial charge is 0.372 e. The molecular formula is C25H34N4O2. The number of carbonyl (C=O) groups is 2. The number of benzene rings is 2. The molecule has 6 heteroatoms. The summed E-state index contributed by atoms with van der Waals surface area (Å²) < 4.78 is 0. The van der Waals surface area contributed by atoms with Gasteiger partial charge in [0.2, 0.25) is 0 Å². The van der Waals surface area contributed by atoms with Gasteiger partial charge in [-0.1, -0.05) is 24.3 Å². The van der Waals surface area contributed by atoms with Gasteiger partial charge in [-0.2, -0.15) is 0 Å². The fourth-order valence-corrected chi connectivity index (χ4v) is 3.79. The second-order valence-electron chi connectivity index (χ2n) is 8.55. The van der Waals surface area contributed by atoms with Crippen LogP contribution in [0, 0.1) is 0 Å². The topological polar surface area (TPSA) is 64.7 Å². The van der Waals surface area contributed by atoms with Crippen molar-refractivity contribution in [1.29, 1.82) is 0 Å². The Kier molecular flexibility index (Phi) is 7.93. The summed E-state index contributed by atoms with van der Waals surface area (Å²) in [6.07, 6.45) is 3.85. The van der Waals surface area contributed by atoms with Gasteiger partial charge in [0.15, 0.2) is 0 Å². The highest BCUT2D eigenvalue weighted by Crippen LogP contribution is 2.21. The van der Waals surface area contributed by atoms with E-state index in [0.29, 0.717) is 18.7 Å². The van der Waals surface area contributed by atoms with Crippen molar-refractivity contribution in [3.8, 4) is 0 Å². The first-order chi connectivity index (χ1) is 14.9. The summed E-state index contributed by atoms with van der Waals surface area (Å²) in [5.41, 5.74) is 3.98. The predicted molar refractivity (Wildman–Crippen MR) is 125 cm³/mol. The maximum Gasteiger partial charge on any atom is 0.315 e. The molecule has 0 atom stereocenters. The molecule has 0 spiro atoms. The Morgan fingerprint density at radius 2 is 1.55 bits per heavy atom. The van der Waals surface area contributed by atoms with Crippen LogP contribution in [0.15, 0.2) is 48.5 Å². The Labute approximate surface area is 185 Å². The van der Waals surface area contributed by atoms with Gasteiger partial charge in [-0.3, -0.25) is 4.79 Å². The van der Waals surface area contributed by atoms with E-state index in [-0.39, 0.29) is 18.0 Å². The number of nitrogens with one attached hydrogen (secondary N) is 2. The highest BCUT2D eigenvalue weighted by atomic mass is 16.2. The molecule has 0 aromatic heterocycles. The third-order valence-electron chi connectivity index (χ3n) is 5.50. The first-order valence-corrected chi connectivity index (χ1v) is 11.1. The van der Waals surface area contributed by atoms with Crippen LogP contribution in [0.2, 0.25) is 0 Å². The van der Waals surface area contributed by atoms with Crippen LogP contribution >= 0.6 is 0 Å². The molecule has 1 fully saturated rings. The summed E-state index contributed by atoms with van der Waals surface area (Å²) in [7, 11) is 1.83. The number of piperidine rings is 1. The minimum atomic E-state index is -0.193. The molecule has 0 aliphatic carbocycles. The van der Waals surface area contributed by atoms with Gasteiger partial charge in [-0.05, 0) is 68.5 Å². The second kappa shape index (κ2) is 10.8. The Morgan fingerprint density at radius 3 is 2.16 bits per heavy atom. The Hall–Kier alpha value is -3.02. The average molecular weight is 423 g/mol. The number of urea groups is 1. The zero-order valence-corrected chi connectivity index (χ0v) is 18.9. The van der Waals surface area contributed by atoms with Crippen LogP contribution in [0.5, 0.6) is 0 Å². The van der Waals surface area contributed by atoms with Gasteiger partial charge in [0.25, 0.3) is 5.91 Å². The molecule has 0 bridgehead atoms. The van der Waals surface area contributed by atoms with E-state index in [9.17, 15) is 9.59 Å². The maximum atomic E-state index is 12.8. The van der Waals surface area contributed by atoms with Crippen LogP contribution in [0.25, 0.3) is 0 Å². The molecule has 1 aliphatic rings. The predicted octanol–water partition coefficient (Wildman–Crippen LogP) is 4.16. The van der Waals surface area contributed by atoms with Crippen molar-refractivity contribution >= 4 is 17.6 Å². The first kappa shape index (κ1) is 22.7. The lowest BCUT2D eigenvalue weighted by molar-refractivity contribution is 0.0785. The number of hydrogen-bond acceptors (Lipinski definition) is 3. The molecule has 2 N–H and O–H groups in total. The second-order valence-corrected chi connectivity index (χ2v) is 8.55. The zero-order chi connectivity index (χ0) is 22.2. The van der Waals surface area contributed by atoms with E-state index >= 15 is 0 Å². The molecule has 3 amide bonds. The van der Waals surface area contributed by atoms with Gasteiger partial charge < -0.3 is 20.4 Å². The van der Waals surface area contributed by atoms with Crippen molar-refractivity contribution in [2.45, 2.75) is 52.2 Å². The number of rotatable bonds is 7. The Balaban J connectivity index is 1.51. The lowest BCUT2D eigenvalue weighted by Crippen LogP contribution is -2.39. The summed E-state index contributed by atoms with van der Waals surface area (Å²) in [5, 5.41) is 5.60. The normalized spacial score (nSPS) is 13.7. The van der Waals surface area contributed by atoms with Crippen molar-refractivity contribution in [2.24, 2.45) is 0 Å². The van der Waals surface area contributed by atoms with Crippen molar-refractivity contribution < 1.29 is 9.59 Å². The lowest BCUT2D eigenvalue weighted by atomic mass is 10.1. The molecule has 3 rings (SSSR count). The van der Waals surface area contributed by atoms with Crippen LogP contribution in [-0.2, 0) is 13.1 Å². The van der Waals surface area contributed by atoms with Crippen LogP contribution in [0.1, 0.15) is 54.6 Å². The third kappa shape index (κ3) is 6.74. The molecule has 2 aromatic rings. The van der Waals surface area contributed by atoms with Crippen LogP contribution in [0.4, 0.5) is 10.5 Å². The van der Waals surface area contributed by atoms with E-state index in [2.05, 4.69) is 39.8 Å². The van der Waals surface area contributed by atoms with Crippen LogP contribution in [-0.4, -0.2) is 43.0 Å². The zero-order valence-electron chi connectivity index (χ0n) is 18.9. The smallest absolute Gasteiger partial charge is 0.315 e. The van der Waals surface area contributed by atoms with E-state index in [1.807, 2.05) is 45.2 Å². The van der Waals surface area contributed by atoms with Crippen molar-refractivity contribution in [2.75, 3.05) is 25.0 Å². The van der Waals surface area contributed by atoms with Gasteiger partial charge in [-0.15, -0.1) is 0 Å². The molecule has 2 aromatic carbocycles. The van der Waals surface area contributed by atoms with Gasteiger partial charge in [0, 0.05) is 50.5 Å². The van der Waals surface area contributed by atoms with Gasteiger partial charge in [0.1, 0.15) is 0 Å². The summed E-state index contributed by atoms with van der Waals surface area (Å²) in [4.78, 5) is 28.7. The summed E-state index contributed by atoms with van der Waals surface area (Å²) in [6, 6.07) is 15.8. The molecule has 166 valence electrons. The van der Waals surface area contributed by atoms with Crippen molar-refractivity contribution in [3.05, 3.63) is 65.2 Å². The lowest BCUT2D eigenvalue weighted by Gasteiger charge is -2.29. The number of nitrogens with zero attached hydrogens (tertiary/aromatic N) is 2. The van der Waals surface area contributed by atoms with E-state index < -0.39 is 0 Å². The number of carbonyl (C=O) groups excluding carboxylic acids is 2. The summed E-state index contributed by atoms with van der Waals surface area (Å²) >= 11 is 0. The van der Waals surface area contributed by atoms with Crippen molar-refractivity contribution in [3.63, 3.8) is 0 Å². The molecule has 31 heavy (non-hydrogen) atoms. The third-order valence-corrected chi connectivity index (χ3v) is 5.50. The fourth-order valence-electron chi connectivity index (χ4n) is 3.79. The maximum absolute atomic E-state index is 12.8. The summed E-state index contributed by atoms with van der Waals surface area (Å²) in [5.74, 6) is -0.0165. The number of hydrogen-bond donors (Lipinski definition) is 2. The minimum absolute atomic E-state index is 0.0165. The Bertz CT molecular complexity index is 856. The molecule has 0 saturated carbocycles. The fraction of sp³-hybridized carbons (Fsp3) is 0.440. The van der Waals surface area contributed by atoms with E-state index in [1.54, 1.807) is 4.90 Å². The number of amides is 3. The molecule has 0 radical (unpaired) electrons. The van der Waals surface area contributed by atoms with E-state index in [1.165, 1.54) is 24.9 Å². The summed E-state index contributed by atoms with van der Waals surface area (Å²) in [6.45, 7) is 7.08. The molecule has 1 heterocycles. The van der Waals surface area contributed by atoms with Gasteiger partial charge in [-0.25, -0.2) is 4.79 Å². The van der Waals surface area contributed by atoms with E-state index in [0.717, 1.165) is 24.2 Å².